The van der Waals surface area contributed by atoms with E-state index in [0.717, 1.165) is 22.5 Å². The minimum atomic E-state index is -4.57. The number of rotatable bonds is 8. The summed E-state index contributed by atoms with van der Waals surface area (Å²) in [6.07, 6.45) is -2.82. The zero-order valence-corrected chi connectivity index (χ0v) is 21.5. The normalized spacial score (nSPS) is 20.1. The molecule has 1 N–H and O–H groups in total. The largest absolute Gasteiger partial charge is 0.491 e. The van der Waals surface area contributed by atoms with Crippen LogP contribution in [0.1, 0.15) is 56.0 Å². The van der Waals surface area contributed by atoms with Crippen LogP contribution in [0, 0.1) is 0 Å². The summed E-state index contributed by atoms with van der Waals surface area (Å²) in [6.45, 7) is 3.82. The molecule has 2 unspecified atom stereocenters. The summed E-state index contributed by atoms with van der Waals surface area (Å²) < 4.78 is 73.7. The Hall–Kier alpha value is -2.67. The molecule has 0 saturated carbocycles. The second-order valence-corrected chi connectivity index (χ2v) is 12.6. The number of carboxylic acid groups (broad SMARTS) is 1. The molecule has 13 heteroatoms. The van der Waals surface area contributed by atoms with Crippen molar-refractivity contribution in [2.45, 2.75) is 55.9 Å². The Morgan fingerprint density at radius 2 is 2.03 bits per heavy atom. The second-order valence-electron chi connectivity index (χ2n) is 8.98. The maximum absolute atomic E-state index is 13.7. The molecule has 1 aromatic carbocycles. The number of alkyl halides is 3. The minimum Gasteiger partial charge on any atom is -0.491 e. The first-order valence-electron chi connectivity index (χ1n) is 11.3. The van der Waals surface area contributed by atoms with Crippen molar-refractivity contribution in [3.8, 4) is 5.75 Å². The number of thioether (sulfide) groups is 1. The Kier molecular flexibility index (Phi) is 7.08. The molecule has 0 bridgehead atoms. The third-order valence-electron chi connectivity index (χ3n) is 5.99. The van der Waals surface area contributed by atoms with Crippen LogP contribution in [0.4, 0.5) is 18.9 Å². The van der Waals surface area contributed by atoms with Gasteiger partial charge in [-0.3, -0.25) is 13.8 Å². The number of hydrogen-bond donors (Lipinski definition) is 1. The van der Waals surface area contributed by atoms with E-state index in [9.17, 15) is 26.4 Å². The van der Waals surface area contributed by atoms with Crippen molar-refractivity contribution in [1.29, 1.82) is 0 Å². The molecule has 2 aromatic rings. The maximum atomic E-state index is 13.7. The van der Waals surface area contributed by atoms with Crippen LogP contribution in [0.3, 0.4) is 0 Å². The summed E-state index contributed by atoms with van der Waals surface area (Å²) in [6, 6.07) is 6.01. The van der Waals surface area contributed by atoms with Gasteiger partial charge in [-0.25, -0.2) is 8.42 Å². The van der Waals surface area contributed by atoms with Crippen LogP contribution in [-0.4, -0.2) is 46.5 Å². The summed E-state index contributed by atoms with van der Waals surface area (Å²) in [5, 5.41) is 13.1. The fourth-order valence-corrected chi connectivity index (χ4v) is 7.85. The highest BCUT2D eigenvalue weighted by molar-refractivity contribution is 8.19. The first-order chi connectivity index (χ1) is 16.8. The maximum Gasteiger partial charge on any atom is 0.433 e. The zero-order valence-electron chi connectivity index (χ0n) is 19.8. The van der Waals surface area contributed by atoms with Gasteiger partial charge in [-0.2, -0.15) is 18.3 Å². The van der Waals surface area contributed by atoms with E-state index in [1.165, 1.54) is 11.4 Å². The molecule has 0 saturated heterocycles. The summed E-state index contributed by atoms with van der Waals surface area (Å²) in [5.41, 5.74) is 0.324. The molecular weight excluding hydrogens is 519 g/mol. The van der Waals surface area contributed by atoms with E-state index < -0.39 is 32.4 Å². The predicted octanol–water partition coefficient (Wildman–Crippen LogP) is 4.83. The predicted molar refractivity (Wildman–Crippen MR) is 130 cm³/mol. The SMILES string of the molecule is CC(C)Oc1ccc2c(c1)C(CCC(=O)O)CN2S(=O)(=O)C1CC=C(c2cc(C(F)(F)F)n(C)n2)S1. The van der Waals surface area contributed by atoms with Gasteiger partial charge in [0.25, 0.3) is 0 Å². The second kappa shape index (κ2) is 9.66. The first kappa shape index (κ1) is 26.4. The number of carboxylic acids is 1. The number of benzene rings is 1. The van der Waals surface area contributed by atoms with Gasteiger partial charge in [0.05, 0.1) is 17.5 Å². The molecule has 2 aliphatic heterocycles. The highest BCUT2D eigenvalue weighted by Crippen LogP contribution is 2.48. The number of fused-ring (bicyclic) bond motifs is 1. The quantitative estimate of drug-likeness (QED) is 0.507. The fraction of sp³-hybridized carbons (Fsp3) is 0.478. The molecule has 36 heavy (non-hydrogen) atoms. The van der Waals surface area contributed by atoms with Crippen molar-refractivity contribution >= 4 is 38.3 Å². The van der Waals surface area contributed by atoms with Gasteiger partial charge in [0.1, 0.15) is 16.0 Å². The lowest BCUT2D eigenvalue weighted by Crippen LogP contribution is -2.36. The minimum absolute atomic E-state index is 0.0733. The van der Waals surface area contributed by atoms with E-state index in [2.05, 4.69) is 5.10 Å². The van der Waals surface area contributed by atoms with Crippen LogP contribution < -0.4 is 9.04 Å². The van der Waals surface area contributed by atoms with E-state index in [4.69, 9.17) is 9.84 Å². The highest BCUT2D eigenvalue weighted by Gasteiger charge is 2.43. The van der Waals surface area contributed by atoms with E-state index in [1.807, 2.05) is 13.8 Å². The molecule has 0 amide bonds. The number of allylic oxidation sites excluding steroid dienone is 1. The Morgan fingerprint density at radius 3 is 2.64 bits per heavy atom. The smallest absolute Gasteiger partial charge is 0.433 e. The van der Waals surface area contributed by atoms with Crippen LogP contribution in [0.25, 0.3) is 4.91 Å². The monoisotopic (exact) mass is 545 g/mol. The molecule has 0 spiro atoms. The van der Waals surface area contributed by atoms with E-state index in [0.29, 0.717) is 21.9 Å². The molecule has 2 aliphatic rings. The molecule has 2 atom stereocenters. The molecule has 0 fully saturated rings. The number of ether oxygens (including phenoxy) is 1. The molecule has 1 aromatic heterocycles. The lowest BCUT2D eigenvalue weighted by atomic mass is 9.96. The highest BCUT2D eigenvalue weighted by atomic mass is 32.3. The van der Waals surface area contributed by atoms with Crippen LogP contribution in [0.5, 0.6) is 5.75 Å². The molecular formula is C23H26F3N3O5S2. The van der Waals surface area contributed by atoms with Crippen molar-refractivity contribution in [1.82, 2.24) is 9.78 Å². The lowest BCUT2D eigenvalue weighted by molar-refractivity contribution is -0.143. The fourth-order valence-electron chi connectivity index (χ4n) is 4.40. The van der Waals surface area contributed by atoms with Crippen LogP contribution in [0.2, 0.25) is 0 Å². The number of aryl methyl sites for hydroxylation is 1. The number of carbonyl (C=O) groups is 1. The van der Waals surface area contributed by atoms with Crippen LogP contribution in [0.15, 0.2) is 30.3 Å². The molecule has 8 nitrogen and oxygen atoms in total. The summed E-state index contributed by atoms with van der Waals surface area (Å²) >= 11 is 0.965. The Bertz CT molecular complexity index is 1300. The number of sulfonamides is 1. The van der Waals surface area contributed by atoms with E-state index in [1.54, 1.807) is 24.3 Å². The Balaban J connectivity index is 1.58. The third-order valence-corrected chi connectivity index (χ3v) is 9.91. The first-order valence-corrected chi connectivity index (χ1v) is 13.7. The van der Waals surface area contributed by atoms with Crippen molar-refractivity contribution in [2.75, 3.05) is 10.8 Å². The van der Waals surface area contributed by atoms with Gasteiger partial charge in [-0.1, -0.05) is 6.08 Å². The summed E-state index contributed by atoms with van der Waals surface area (Å²) in [7, 11) is -2.74. The van der Waals surface area contributed by atoms with Crippen molar-refractivity contribution in [3.05, 3.63) is 47.3 Å². The Labute approximate surface area is 211 Å². The van der Waals surface area contributed by atoms with Crippen LogP contribution >= 0.6 is 11.8 Å². The van der Waals surface area contributed by atoms with E-state index >= 15 is 0 Å². The lowest BCUT2D eigenvalue weighted by Gasteiger charge is -2.24. The van der Waals surface area contributed by atoms with Gasteiger partial charge < -0.3 is 9.84 Å². The Morgan fingerprint density at radius 1 is 1.31 bits per heavy atom. The molecule has 4 rings (SSSR count). The van der Waals surface area contributed by atoms with Gasteiger partial charge in [-0.05, 0) is 56.5 Å². The topological polar surface area (TPSA) is 102 Å². The summed E-state index contributed by atoms with van der Waals surface area (Å²) in [5.74, 6) is -0.732. The number of aromatic nitrogens is 2. The van der Waals surface area contributed by atoms with Crippen LogP contribution in [-0.2, 0) is 28.0 Å². The van der Waals surface area contributed by atoms with Crippen molar-refractivity contribution in [3.63, 3.8) is 0 Å². The summed E-state index contributed by atoms with van der Waals surface area (Å²) in [4.78, 5) is 11.6. The number of nitrogens with zero attached hydrogens (tertiary/aromatic N) is 3. The van der Waals surface area contributed by atoms with Gasteiger partial charge in [-0.15, -0.1) is 11.8 Å². The molecule has 3 heterocycles. The number of hydrogen-bond acceptors (Lipinski definition) is 6. The van der Waals surface area contributed by atoms with Gasteiger partial charge in [0, 0.05) is 30.8 Å². The van der Waals surface area contributed by atoms with E-state index in [-0.39, 0.29) is 43.5 Å². The molecule has 196 valence electrons. The number of halogens is 3. The average molecular weight is 546 g/mol. The zero-order chi connectivity index (χ0) is 26.4. The number of anilines is 1. The van der Waals surface area contributed by atoms with Gasteiger partial charge in [0.15, 0.2) is 0 Å². The van der Waals surface area contributed by atoms with Gasteiger partial charge in [0.2, 0.25) is 10.0 Å². The third kappa shape index (κ3) is 5.22. The average Bonchev–Trinajstić information content (AvgIpc) is 3.48. The van der Waals surface area contributed by atoms with Gasteiger partial charge >= 0.3 is 12.1 Å². The number of aliphatic carboxylic acids is 1. The molecule has 0 aliphatic carbocycles. The van der Waals surface area contributed by atoms with Crippen molar-refractivity contribution < 1.29 is 36.2 Å². The standard InChI is InChI=1S/C23H26F3N3O5S2/c1-13(2)34-15-5-6-18-16(10-15)14(4-8-21(30)31)12-29(18)36(32,33)22-9-7-19(35-22)17-11-20(23(24,25)26)28(3)27-17/h5-7,10-11,13-14,22H,4,8-9,12H2,1-3H3,(H,30,31). The van der Waals surface area contributed by atoms with Crippen molar-refractivity contribution in [2.24, 2.45) is 7.05 Å². The molecule has 0 radical (unpaired) electrons.